The first-order valence-electron chi connectivity index (χ1n) is 7.77. The van der Waals surface area contributed by atoms with E-state index >= 15 is 0 Å². The van der Waals surface area contributed by atoms with Crippen LogP contribution in [0.5, 0.6) is 6.01 Å². The summed E-state index contributed by atoms with van der Waals surface area (Å²) < 4.78 is 10.7. The minimum Gasteiger partial charge on any atom is -0.457 e. The Morgan fingerprint density at radius 1 is 1.20 bits per heavy atom. The molecule has 0 aliphatic heterocycles. The molecule has 0 aliphatic rings. The number of aryl methyl sites for hydroxylation is 1. The van der Waals surface area contributed by atoms with Crippen molar-refractivity contribution in [1.29, 1.82) is 0 Å². The van der Waals surface area contributed by atoms with Gasteiger partial charge in [-0.05, 0) is 24.5 Å². The van der Waals surface area contributed by atoms with Crippen molar-refractivity contribution in [3.63, 3.8) is 0 Å². The number of hydrogen-bond acceptors (Lipinski definition) is 5. The van der Waals surface area contributed by atoms with Crippen LogP contribution in [0.25, 0.3) is 11.1 Å². The molecule has 3 aromatic rings. The van der Waals surface area contributed by atoms with Gasteiger partial charge >= 0.3 is 5.63 Å². The molecule has 1 atom stereocenters. The molecule has 4 radical (unpaired) electrons. The van der Waals surface area contributed by atoms with Crippen LogP contribution in [0.3, 0.4) is 0 Å². The number of fused-ring (bicyclic) bond motifs is 1. The molecule has 3 rings (SSSR count). The lowest BCUT2D eigenvalue weighted by Gasteiger charge is -2.15. The van der Waals surface area contributed by atoms with Crippen molar-refractivity contribution in [2.75, 3.05) is 0 Å². The summed E-state index contributed by atoms with van der Waals surface area (Å²) in [5.74, 6) is 0. The van der Waals surface area contributed by atoms with Gasteiger partial charge in [0.05, 0.1) is 0 Å². The highest BCUT2D eigenvalue weighted by Crippen LogP contribution is 2.19. The first kappa shape index (κ1) is 17.1. The Balaban J connectivity index is 2.02. The van der Waals surface area contributed by atoms with Gasteiger partial charge in [-0.2, -0.15) is 4.98 Å². The van der Waals surface area contributed by atoms with Crippen molar-refractivity contribution >= 4 is 37.7 Å². The first-order valence-corrected chi connectivity index (χ1v) is 7.77. The van der Waals surface area contributed by atoms with Gasteiger partial charge in [0.25, 0.3) is 11.6 Å². The average molecular weight is 332 g/mol. The van der Waals surface area contributed by atoms with E-state index in [9.17, 15) is 9.59 Å². The van der Waals surface area contributed by atoms with Gasteiger partial charge in [-0.25, -0.2) is 4.79 Å². The van der Waals surface area contributed by atoms with E-state index in [1.807, 2.05) is 6.92 Å². The Labute approximate surface area is 146 Å². The fourth-order valence-electron chi connectivity index (χ4n) is 2.64. The molecular weight excluding hydrogens is 318 g/mol. The Bertz CT molecular complexity index is 1040. The lowest BCUT2D eigenvalue weighted by molar-refractivity contribution is 0.207. The molecule has 0 unspecified atom stereocenters. The largest absolute Gasteiger partial charge is 0.457 e. The van der Waals surface area contributed by atoms with Crippen LogP contribution in [0.4, 0.5) is 0 Å². The zero-order valence-corrected chi connectivity index (χ0v) is 13.8. The summed E-state index contributed by atoms with van der Waals surface area (Å²) in [5.41, 5.74) is 1.26. The van der Waals surface area contributed by atoms with Crippen LogP contribution in [0.15, 0.2) is 38.3 Å². The highest BCUT2D eigenvalue weighted by molar-refractivity contribution is 6.37. The van der Waals surface area contributed by atoms with Crippen LogP contribution in [-0.4, -0.2) is 25.7 Å². The quantitative estimate of drug-likeness (QED) is 0.689. The second-order valence-corrected chi connectivity index (χ2v) is 5.69. The van der Waals surface area contributed by atoms with Crippen molar-refractivity contribution in [3.8, 4) is 6.01 Å². The summed E-state index contributed by atoms with van der Waals surface area (Å²) in [6.07, 6.45) is 0.0268. The number of hydrogen-bond donors (Lipinski definition) is 1. The van der Waals surface area contributed by atoms with Gasteiger partial charge in [-0.15, -0.1) is 0 Å². The Morgan fingerprint density at radius 2 is 1.88 bits per heavy atom. The van der Waals surface area contributed by atoms with Gasteiger partial charge < -0.3 is 9.15 Å². The van der Waals surface area contributed by atoms with Crippen LogP contribution in [0.2, 0.25) is 0 Å². The summed E-state index contributed by atoms with van der Waals surface area (Å²) >= 11 is 0. The monoisotopic (exact) mass is 332 g/mol. The molecule has 0 aliphatic carbocycles. The minimum atomic E-state index is -0.565. The Morgan fingerprint density at radius 3 is 2.52 bits per heavy atom. The second-order valence-electron chi connectivity index (χ2n) is 5.69. The number of benzene rings is 1. The molecule has 0 bridgehead atoms. The van der Waals surface area contributed by atoms with Crippen molar-refractivity contribution < 1.29 is 9.15 Å². The molecule has 0 spiro atoms. The number of H-pyrrole nitrogens is 1. The summed E-state index contributed by atoms with van der Waals surface area (Å²) in [6.45, 7) is 3.60. The van der Waals surface area contributed by atoms with Gasteiger partial charge in [0, 0.05) is 6.07 Å². The Hall–Kier alpha value is -2.76. The highest BCUT2D eigenvalue weighted by atomic mass is 16.5. The molecule has 0 saturated heterocycles. The molecule has 1 aromatic carbocycles. The molecule has 8 heteroatoms. The number of nitrogens with one attached hydrogen (secondary N) is 1. The summed E-state index contributed by atoms with van der Waals surface area (Å²) in [4.78, 5) is 30.6. The second kappa shape index (κ2) is 6.63. The Kier molecular flexibility index (Phi) is 4.53. The zero-order valence-electron chi connectivity index (χ0n) is 13.8. The molecule has 25 heavy (non-hydrogen) atoms. The van der Waals surface area contributed by atoms with Crippen LogP contribution >= 0.6 is 0 Å². The van der Waals surface area contributed by atoms with Crippen molar-refractivity contribution in [2.24, 2.45) is 0 Å². The predicted octanol–water partition coefficient (Wildman–Crippen LogP) is 0.166. The molecule has 2 aromatic heterocycles. The van der Waals surface area contributed by atoms with Crippen LogP contribution < -0.4 is 26.8 Å². The number of aromatic nitrogens is 2. The maximum absolute atomic E-state index is 12.3. The molecule has 0 amide bonds. The van der Waals surface area contributed by atoms with E-state index in [4.69, 9.17) is 24.8 Å². The SMILES string of the molecule is [B]c1cc([B])cc([C@@H](C)Oc2nc3oc(=O)cc(CC)c3c(=O)[nH]2)c1. The first-order chi connectivity index (χ1) is 11.9. The standard InChI is InChI=1S/C17H14B2N2O4/c1-3-9-6-13(22)25-16-14(9)15(23)20-17(21-16)24-8(2)10-4-11(18)7-12(19)5-10/h4-8H,3H2,1-2H3,(H,20,21,23)/t8-/m1/s1. The van der Waals surface area contributed by atoms with Gasteiger partial charge in [0.2, 0.25) is 5.71 Å². The number of aromatic amines is 1. The highest BCUT2D eigenvalue weighted by Gasteiger charge is 2.15. The minimum absolute atomic E-state index is 0.0533. The van der Waals surface area contributed by atoms with E-state index in [0.29, 0.717) is 22.9 Å². The molecule has 1 N–H and O–H groups in total. The fraction of sp³-hybridized carbons (Fsp3) is 0.235. The van der Waals surface area contributed by atoms with Crippen molar-refractivity contribution in [3.05, 3.63) is 56.2 Å². The van der Waals surface area contributed by atoms with Gasteiger partial charge in [-0.1, -0.05) is 36.0 Å². The van der Waals surface area contributed by atoms with Gasteiger partial charge in [0.1, 0.15) is 27.2 Å². The number of rotatable bonds is 4. The van der Waals surface area contributed by atoms with Crippen molar-refractivity contribution in [2.45, 2.75) is 26.4 Å². The molecule has 122 valence electrons. The zero-order chi connectivity index (χ0) is 18.1. The summed E-state index contributed by atoms with van der Waals surface area (Å²) in [5, 5.41) is 0.246. The lowest BCUT2D eigenvalue weighted by atomic mass is 9.85. The average Bonchev–Trinajstić information content (AvgIpc) is 2.52. The lowest BCUT2D eigenvalue weighted by Crippen LogP contribution is -2.19. The summed E-state index contributed by atoms with van der Waals surface area (Å²) in [7, 11) is 11.6. The number of nitrogens with zero attached hydrogens (tertiary/aromatic N) is 1. The summed E-state index contributed by atoms with van der Waals surface area (Å²) in [6, 6.07) is 6.30. The van der Waals surface area contributed by atoms with E-state index in [2.05, 4.69) is 9.97 Å². The molecule has 2 heterocycles. The molecule has 0 fully saturated rings. The third-order valence-electron chi connectivity index (χ3n) is 3.81. The molecule has 0 saturated carbocycles. The fourth-order valence-corrected chi connectivity index (χ4v) is 2.64. The predicted molar refractivity (Wildman–Crippen MR) is 96.5 cm³/mol. The van der Waals surface area contributed by atoms with E-state index < -0.39 is 17.3 Å². The van der Waals surface area contributed by atoms with Crippen LogP contribution in [0.1, 0.15) is 31.1 Å². The smallest absolute Gasteiger partial charge is 0.337 e. The molecular formula is C17H14B2N2O4. The molecule has 6 nitrogen and oxygen atoms in total. The van der Waals surface area contributed by atoms with Crippen LogP contribution in [-0.2, 0) is 6.42 Å². The van der Waals surface area contributed by atoms with Gasteiger partial charge in [-0.3, -0.25) is 9.78 Å². The maximum Gasteiger partial charge on any atom is 0.337 e. The van der Waals surface area contributed by atoms with Gasteiger partial charge in [0.15, 0.2) is 0 Å². The van der Waals surface area contributed by atoms with E-state index in [1.165, 1.54) is 6.07 Å². The van der Waals surface area contributed by atoms with Crippen LogP contribution in [0, 0.1) is 0 Å². The van der Waals surface area contributed by atoms with E-state index in [0.717, 1.165) is 5.56 Å². The topological polar surface area (TPSA) is 85.2 Å². The maximum atomic E-state index is 12.3. The van der Waals surface area contributed by atoms with Crippen molar-refractivity contribution in [1.82, 2.24) is 9.97 Å². The van der Waals surface area contributed by atoms with E-state index in [-0.39, 0.29) is 17.1 Å². The third-order valence-corrected chi connectivity index (χ3v) is 3.81. The number of ether oxygens (including phenoxy) is 1. The third kappa shape index (κ3) is 3.52. The normalized spacial score (nSPS) is 12.2. The van der Waals surface area contributed by atoms with E-state index in [1.54, 1.807) is 25.1 Å².